The molecule has 3 rings (SSSR count). The van der Waals surface area contributed by atoms with Gasteiger partial charge in [-0.1, -0.05) is 139 Å². The van der Waals surface area contributed by atoms with E-state index in [0.29, 0.717) is 0 Å². The summed E-state index contributed by atoms with van der Waals surface area (Å²) in [5.74, 6) is 8.57. The third-order valence-corrected chi connectivity index (χ3v) is 7.85. The van der Waals surface area contributed by atoms with E-state index in [2.05, 4.69) is 79.4 Å². The van der Waals surface area contributed by atoms with Crippen LogP contribution in [0.4, 0.5) is 0 Å². The molecular formula is C35H48. The van der Waals surface area contributed by atoms with Gasteiger partial charge in [-0.05, 0) is 67.0 Å². The van der Waals surface area contributed by atoms with Crippen LogP contribution < -0.4 is 0 Å². The van der Waals surface area contributed by atoms with Gasteiger partial charge in [0, 0.05) is 11.1 Å². The number of allylic oxidation sites excluding steroid dienone is 1. The second-order valence-corrected chi connectivity index (χ2v) is 10.8. The quantitative estimate of drug-likeness (QED) is 0.202. The van der Waals surface area contributed by atoms with Crippen molar-refractivity contribution in [2.24, 2.45) is 11.8 Å². The molecule has 1 fully saturated rings. The van der Waals surface area contributed by atoms with Gasteiger partial charge in [0.2, 0.25) is 0 Å². The van der Waals surface area contributed by atoms with E-state index in [0.717, 1.165) is 23.0 Å². The Bertz CT molecular complexity index is 895. The van der Waals surface area contributed by atoms with Crippen LogP contribution in [0.15, 0.2) is 54.6 Å². The van der Waals surface area contributed by atoms with Crippen LogP contribution in [-0.4, -0.2) is 0 Å². The maximum Gasteiger partial charge on any atom is 0.0249 e. The minimum absolute atomic E-state index is 0.940. The van der Waals surface area contributed by atoms with Crippen molar-refractivity contribution in [1.29, 1.82) is 0 Å². The van der Waals surface area contributed by atoms with Crippen LogP contribution in [0.1, 0.15) is 126 Å². The molecule has 1 aliphatic carbocycles. The van der Waals surface area contributed by atoms with Crippen molar-refractivity contribution in [3.8, 4) is 11.8 Å². The molecule has 0 N–H and O–H groups in total. The SMILES string of the molecule is C/C=C/c1ccc(C#Cc2ccc(CCC3CCC(CCCCCCCCCC)CC3)cc2)cc1. The van der Waals surface area contributed by atoms with Gasteiger partial charge in [-0.3, -0.25) is 0 Å². The van der Waals surface area contributed by atoms with E-state index in [9.17, 15) is 0 Å². The highest BCUT2D eigenvalue weighted by Gasteiger charge is 2.20. The molecule has 0 saturated heterocycles. The van der Waals surface area contributed by atoms with Crippen LogP contribution >= 0.6 is 0 Å². The molecule has 1 saturated carbocycles. The molecule has 35 heavy (non-hydrogen) atoms. The molecule has 0 aliphatic heterocycles. The molecule has 0 amide bonds. The highest BCUT2D eigenvalue weighted by Crippen LogP contribution is 2.34. The van der Waals surface area contributed by atoms with Gasteiger partial charge in [-0.25, -0.2) is 0 Å². The monoisotopic (exact) mass is 468 g/mol. The lowest BCUT2D eigenvalue weighted by atomic mass is 9.77. The van der Waals surface area contributed by atoms with E-state index in [4.69, 9.17) is 0 Å². The van der Waals surface area contributed by atoms with Crippen molar-refractivity contribution in [3.63, 3.8) is 0 Å². The first-order valence-electron chi connectivity index (χ1n) is 14.6. The van der Waals surface area contributed by atoms with E-state index < -0.39 is 0 Å². The van der Waals surface area contributed by atoms with Crippen LogP contribution in [0.2, 0.25) is 0 Å². The molecule has 0 heteroatoms. The molecule has 2 aromatic rings. The number of hydrogen-bond donors (Lipinski definition) is 0. The first-order chi connectivity index (χ1) is 17.3. The minimum Gasteiger partial charge on any atom is -0.0871 e. The highest BCUT2D eigenvalue weighted by atomic mass is 14.3. The zero-order valence-electron chi connectivity index (χ0n) is 22.5. The molecule has 0 unspecified atom stereocenters. The van der Waals surface area contributed by atoms with E-state index in [1.807, 2.05) is 6.92 Å². The topological polar surface area (TPSA) is 0 Å². The second kappa shape index (κ2) is 16.4. The van der Waals surface area contributed by atoms with Crippen LogP contribution in [0.25, 0.3) is 6.08 Å². The maximum absolute atomic E-state index is 3.32. The minimum atomic E-state index is 0.940. The van der Waals surface area contributed by atoms with Crippen molar-refractivity contribution in [3.05, 3.63) is 76.9 Å². The lowest BCUT2D eigenvalue weighted by Gasteiger charge is -2.28. The molecule has 0 heterocycles. The van der Waals surface area contributed by atoms with Crippen LogP contribution in [0.3, 0.4) is 0 Å². The van der Waals surface area contributed by atoms with Crippen LogP contribution in [-0.2, 0) is 6.42 Å². The Labute approximate surface area is 216 Å². The summed E-state index contributed by atoms with van der Waals surface area (Å²) in [5, 5.41) is 0. The Morgan fingerprint density at radius 2 is 1.17 bits per heavy atom. The lowest BCUT2D eigenvalue weighted by Crippen LogP contribution is -2.15. The third kappa shape index (κ3) is 10.9. The van der Waals surface area contributed by atoms with Gasteiger partial charge in [0.15, 0.2) is 0 Å². The van der Waals surface area contributed by atoms with Gasteiger partial charge in [-0.2, -0.15) is 0 Å². The molecule has 2 aromatic carbocycles. The fourth-order valence-corrected chi connectivity index (χ4v) is 5.52. The van der Waals surface area contributed by atoms with Crippen LogP contribution in [0, 0.1) is 23.7 Å². The molecule has 188 valence electrons. The summed E-state index contributed by atoms with van der Waals surface area (Å²) < 4.78 is 0. The summed E-state index contributed by atoms with van der Waals surface area (Å²) in [4.78, 5) is 0. The summed E-state index contributed by atoms with van der Waals surface area (Å²) in [7, 11) is 0. The van der Waals surface area contributed by atoms with Gasteiger partial charge in [0.1, 0.15) is 0 Å². The molecule has 0 nitrogen and oxygen atoms in total. The zero-order chi connectivity index (χ0) is 24.6. The van der Waals surface area contributed by atoms with Gasteiger partial charge < -0.3 is 0 Å². The van der Waals surface area contributed by atoms with E-state index in [1.54, 1.807) is 0 Å². The third-order valence-electron chi connectivity index (χ3n) is 7.85. The summed E-state index contributed by atoms with van der Waals surface area (Å²) in [6.45, 7) is 4.34. The number of rotatable bonds is 13. The van der Waals surface area contributed by atoms with Gasteiger partial charge >= 0.3 is 0 Å². The smallest absolute Gasteiger partial charge is 0.0249 e. The predicted octanol–water partition coefficient (Wildman–Crippen LogP) is 10.4. The molecule has 0 spiro atoms. The Kier molecular flexibility index (Phi) is 12.8. The average molecular weight is 469 g/mol. The number of benzene rings is 2. The fraction of sp³-hybridized carbons (Fsp3) is 0.543. The van der Waals surface area contributed by atoms with Crippen molar-refractivity contribution >= 4 is 6.08 Å². The molecule has 0 atom stereocenters. The summed E-state index contributed by atoms with van der Waals surface area (Å²) in [5.41, 5.74) is 4.86. The van der Waals surface area contributed by atoms with Gasteiger partial charge in [-0.15, -0.1) is 0 Å². The first-order valence-corrected chi connectivity index (χ1v) is 14.6. The number of aryl methyl sites for hydroxylation is 1. The summed E-state index contributed by atoms with van der Waals surface area (Å²) >= 11 is 0. The molecule has 0 bridgehead atoms. The van der Waals surface area contributed by atoms with E-state index >= 15 is 0 Å². The largest absolute Gasteiger partial charge is 0.0871 e. The zero-order valence-corrected chi connectivity index (χ0v) is 22.5. The maximum atomic E-state index is 3.32. The molecule has 1 aliphatic rings. The van der Waals surface area contributed by atoms with Crippen molar-refractivity contribution in [1.82, 2.24) is 0 Å². The summed E-state index contributed by atoms with van der Waals surface area (Å²) in [6.07, 6.45) is 25.7. The normalized spacial score (nSPS) is 17.9. The molecule has 0 aromatic heterocycles. The van der Waals surface area contributed by atoms with Crippen molar-refractivity contribution in [2.75, 3.05) is 0 Å². The number of unbranched alkanes of at least 4 members (excludes halogenated alkanes) is 7. The van der Waals surface area contributed by atoms with Crippen molar-refractivity contribution < 1.29 is 0 Å². The Morgan fingerprint density at radius 1 is 0.657 bits per heavy atom. The van der Waals surface area contributed by atoms with E-state index in [1.165, 1.54) is 107 Å². The van der Waals surface area contributed by atoms with E-state index in [-0.39, 0.29) is 0 Å². The molecule has 0 radical (unpaired) electrons. The highest BCUT2D eigenvalue weighted by molar-refractivity contribution is 5.52. The average Bonchev–Trinajstić information content (AvgIpc) is 2.90. The molecular weight excluding hydrogens is 420 g/mol. The Hall–Kier alpha value is -2.26. The number of hydrogen-bond acceptors (Lipinski definition) is 0. The predicted molar refractivity (Wildman–Crippen MR) is 155 cm³/mol. The standard InChI is InChI=1S/C35H48/c1-3-5-6-7-8-9-10-11-13-31-16-20-33(21-17-31)23-25-35-28-26-34(27-29-35)24-22-32-18-14-30(12-4-2)15-19-32/h4,12,14-15,18-19,26-29,31,33H,3,5-11,13,16-17,20-21,23,25H2,1-2H3/b12-4+. The second-order valence-electron chi connectivity index (χ2n) is 10.8. The lowest BCUT2D eigenvalue weighted by molar-refractivity contribution is 0.248. The fourth-order valence-electron chi connectivity index (χ4n) is 5.52. The van der Waals surface area contributed by atoms with Gasteiger partial charge in [0.25, 0.3) is 0 Å². The Balaban J connectivity index is 1.29. The van der Waals surface area contributed by atoms with Gasteiger partial charge in [0.05, 0.1) is 0 Å². The van der Waals surface area contributed by atoms with Crippen LogP contribution in [0.5, 0.6) is 0 Å². The Morgan fingerprint density at radius 3 is 1.74 bits per heavy atom. The van der Waals surface area contributed by atoms with Crippen molar-refractivity contribution in [2.45, 2.75) is 110 Å². The summed E-state index contributed by atoms with van der Waals surface area (Å²) in [6, 6.07) is 17.4. The first kappa shape index (κ1) is 27.3.